The average Bonchev–Trinajstić information content (AvgIpc) is 3.06. The molecule has 0 radical (unpaired) electrons. The van der Waals surface area contributed by atoms with E-state index in [2.05, 4.69) is 0 Å². The zero-order chi connectivity index (χ0) is 31.3. The molecule has 0 aromatic heterocycles. The summed E-state index contributed by atoms with van der Waals surface area (Å²) in [6.45, 7) is 0. The molecule has 0 atom stereocenters. The Morgan fingerprint density at radius 1 is 0.444 bits per heavy atom. The Labute approximate surface area is 273 Å². The van der Waals surface area contributed by atoms with Gasteiger partial charge in [-0.1, -0.05) is 95.5 Å². The summed E-state index contributed by atoms with van der Waals surface area (Å²) in [5.41, 5.74) is 0.570. The molecule has 6 aromatic carbocycles. The first-order valence-electron chi connectivity index (χ1n) is 13.6. The van der Waals surface area contributed by atoms with Gasteiger partial charge >= 0.3 is 11.9 Å². The molecular weight excluding hydrogens is 635 g/mol. The van der Waals surface area contributed by atoms with Gasteiger partial charge in [0.05, 0.1) is 21.2 Å². The molecule has 0 aliphatic heterocycles. The highest BCUT2D eigenvalue weighted by Gasteiger charge is 2.30. The van der Waals surface area contributed by atoms with E-state index in [4.69, 9.17) is 53.8 Å². The predicted molar refractivity (Wildman–Crippen MR) is 175 cm³/mol. The molecule has 0 saturated carbocycles. The minimum atomic E-state index is -0.682. The molecule has 0 aliphatic rings. The van der Waals surface area contributed by atoms with Crippen molar-refractivity contribution < 1.29 is 28.5 Å². The molecule has 0 aliphatic carbocycles. The maximum Gasteiger partial charge on any atom is 0.343 e. The third kappa shape index (κ3) is 6.59. The Bertz CT molecular complexity index is 2030. The molecule has 6 nitrogen and oxygen atoms in total. The molecule has 0 heterocycles. The zero-order valence-electron chi connectivity index (χ0n) is 23.2. The highest BCUT2D eigenvalue weighted by molar-refractivity contribution is 6.32. The van der Waals surface area contributed by atoms with Gasteiger partial charge in [0.25, 0.3) is 0 Å². The Hall–Kier alpha value is -5.01. The van der Waals surface area contributed by atoms with Crippen molar-refractivity contribution in [1.29, 1.82) is 0 Å². The number of benzene rings is 6. The van der Waals surface area contributed by atoms with Crippen LogP contribution < -0.4 is 18.9 Å². The molecule has 0 fully saturated rings. The van der Waals surface area contributed by atoms with Crippen molar-refractivity contribution in [3.63, 3.8) is 0 Å². The number of rotatable bonds is 8. The van der Waals surface area contributed by atoms with Gasteiger partial charge in [-0.3, -0.25) is 0 Å². The highest BCUT2D eigenvalue weighted by Crippen LogP contribution is 2.55. The summed E-state index contributed by atoms with van der Waals surface area (Å²) < 4.78 is 24.9. The van der Waals surface area contributed by atoms with E-state index in [1.54, 1.807) is 127 Å². The van der Waals surface area contributed by atoms with E-state index in [9.17, 15) is 9.59 Å². The summed E-state index contributed by atoms with van der Waals surface area (Å²) in [7, 11) is 0. The molecule has 6 aromatic rings. The number of halogens is 3. The van der Waals surface area contributed by atoms with Crippen LogP contribution in [0.2, 0.25) is 15.1 Å². The van der Waals surface area contributed by atoms with E-state index in [-0.39, 0.29) is 55.7 Å². The van der Waals surface area contributed by atoms with Gasteiger partial charge in [0, 0.05) is 15.8 Å². The van der Waals surface area contributed by atoms with E-state index in [1.165, 1.54) is 0 Å². The van der Waals surface area contributed by atoms with Crippen molar-refractivity contribution in [2.75, 3.05) is 0 Å². The minimum absolute atomic E-state index is 0.0306. The number of hydrogen-bond donors (Lipinski definition) is 0. The molecule has 222 valence electrons. The second-order valence-electron chi connectivity index (χ2n) is 9.58. The number of fused-ring (bicyclic) bond motifs is 1. The average molecular weight is 656 g/mol. The number of para-hydroxylation sites is 2. The molecule has 0 spiro atoms. The van der Waals surface area contributed by atoms with E-state index in [0.29, 0.717) is 15.8 Å². The summed E-state index contributed by atoms with van der Waals surface area (Å²) in [5.74, 6) is -1.22. The van der Waals surface area contributed by atoms with E-state index < -0.39 is 11.9 Å². The molecule has 45 heavy (non-hydrogen) atoms. The van der Waals surface area contributed by atoms with E-state index in [0.717, 1.165) is 0 Å². The first-order valence-corrected chi connectivity index (χ1v) is 14.7. The van der Waals surface area contributed by atoms with Crippen molar-refractivity contribution in [3.8, 4) is 34.5 Å². The van der Waals surface area contributed by atoms with Crippen molar-refractivity contribution in [2.45, 2.75) is 0 Å². The molecule has 0 amide bonds. The molecule has 0 N–H and O–H groups in total. The summed E-state index contributed by atoms with van der Waals surface area (Å²) in [6.07, 6.45) is 0. The van der Waals surface area contributed by atoms with Crippen LogP contribution in [0.4, 0.5) is 0 Å². The lowest BCUT2D eigenvalue weighted by molar-refractivity contribution is 0.0716. The highest BCUT2D eigenvalue weighted by atomic mass is 35.5. The first kappa shape index (κ1) is 30.0. The lowest BCUT2D eigenvalue weighted by Crippen LogP contribution is -2.12. The van der Waals surface area contributed by atoms with Gasteiger partial charge in [0.2, 0.25) is 11.5 Å². The summed E-state index contributed by atoms with van der Waals surface area (Å²) in [4.78, 5) is 27.0. The third-order valence-corrected chi connectivity index (χ3v) is 7.45. The summed E-state index contributed by atoms with van der Waals surface area (Å²) >= 11 is 19.5. The smallest absolute Gasteiger partial charge is 0.343 e. The summed E-state index contributed by atoms with van der Waals surface area (Å²) in [5, 5.41) is 1.49. The number of carbonyl (C=O) groups is 2. The van der Waals surface area contributed by atoms with Crippen LogP contribution in [0, 0.1) is 0 Å². The minimum Gasteiger partial charge on any atom is -0.448 e. The number of hydrogen-bond acceptors (Lipinski definition) is 6. The third-order valence-electron chi connectivity index (χ3n) is 6.60. The maximum absolute atomic E-state index is 13.5. The monoisotopic (exact) mass is 654 g/mol. The Morgan fingerprint density at radius 2 is 0.867 bits per heavy atom. The molecule has 0 bridgehead atoms. The SMILES string of the molecule is O=C(Oc1c(Oc2ccccc2Cl)c(Oc2ccccc2Cl)c(OC(=O)c2ccccc2)c2cc(Cl)ccc12)c1ccccc1. The molecule has 0 saturated heterocycles. The van der Waals surface area contributed by atoms with Gasteiger partial charge in [0.1, 0.15) is 11.5 Å². The van der Waals surface area contributed by atoms with Crippen LogP contribution in [0.1, 0.15) is 20.7 Å². The molecule has 0 unspecified atom stereocenters. The Kier molecular flexibility index (Phi) is 8.89. The summed E-state index contributed by atoms with van der Waals surface area (Å²) in [6, 6.07) is 35.2. The van der Waals surface area contributed by atoms with Crippen molar-refractivity contribution in [1.82, 2.24) is 0 Å². The fraction of sp³-hybridized carbons (Fsp3) is 0. The zero-order valence-corrected chi connectivity index (χ0v) is 25.5. The van der Waals surface area contributed by atoms with Gasteiger partial charge in [-0.2, -0.15) is 0 Å². The fourth-order valence-corrected chi connectivity index (χ4v) is 4.99. The lowest BCUT2D eigenvalue weighted by Gasteiger charge is -2.22. The number of ether oxygens (including phenoxy) is 4. The normalized spacial score (nSPS) is 10.7. The van der Waals surface area contributed by atoms with Crippen molar-refractivity contribution >= 4 is 57.5 Å². The standard InChI is InChI=1S/C36H21Cl3O6/c37-24-19-20-25-26(21-24)32(45-36(41)23-13-5-2-6-14-23)34(43-30-18-10-8-16-28(30)39)33(42-29-17-9-7-15-27(29)38)31(25)44-35(40)22-11-3-1-4-12-22/h1-21H. The first-order chi connectivity index (χ1) is 21.9. The van der Waals surface area contributed by atoms with Gasteiger partial charge < -0.3 is 18.9 Å². The van der Waals surface area contributed by atoms with E-state index in [1.807, 2.05) is 0 Å². The van der Waals surface area contributed by atoms with E-state index >= 15 is 0 Å². The second kappa shape index (κ2) is 13.3. The topological polar surface area (TPSA) is 71.1 Å². The van der Waals surface area contributed by atoms with Gasteiger partial charge in [-0.25, -0.2) is 9.59 Å². The van der Waals surface area contributed by atoms with Crippen LogP contribution >= 0.6 is 34.8 Å². The van der Waals surface area contributed by atoms with Crippen LogP contribution in [0.3, 0.4) is 0 Å². The largest absolute Gasteiger partial charge is 0.448 e. The van der Waals surface area contributed by atoms with Crippen LogP contribution in [-0.2, 0) is 0 Å². The number of carbonyl (C=O) groups excluding carboxylic acids is 2. The van der Waals surface area contributed by atoms with Gasteiger partial charge in [-0.05, 0) is 66.7 Å². The van der Waals surface area contributed by atoms with Crippen LogP contribution in [0.15, 0.2) is 127 Å². The van der Waals surface area contributed by atoms with Crippen molar-refractivity contribution in [2.24, 2.45) is 0 Å². The Balaban J connectivity index is 1.65. The fourth-order valence-electron chi connectivity index (χ4n) is 4.47. The van der Waals surface area contributed by atoms with Gasteiger partial charge in [-0.15, -0.1) is 0 Å². The number of esters is 2. The molecule has 6 rings (SSSR count). The van der Waals surface area contributed by atoms with Crippen molar-refractivity contribution in [3.05, 3.63) is 154 Å². The van der Waals surface area contributed by atoms with Crippen LogP contribution in [0.25, 0.3) is 10.8 Å². The molecule has 9 heteroatoms. The Morgan fingerprint density at radius 3 is 1.33 bits per heavy atom. The van der Waals surface area contributed by atoms with Gasteiger partial charge in [0.15, 0.2) is 11.5 Å². The van der Waals surface area contributed by atoms with Crippen LogP contribution in [0.5, 0.6) is 34.5 Å². The maximum atomic E-state index is 13.5. The predicted octanol–water partition coefficient (Wildman–Crippen LogP) is 10.8. The second-order valence-corrected chi connectivity index (χ2v) is 10.8. The lowest BCUT2D eigenvalue weighted by atomic mass is 10.1. The van der Waals surface area contributed by atoms with Crippen LogP contribution in [-0.4, -0.2) is 11.9 Å². The molecular formula is C36H21Cl3O6. The quantitative estimate of drug-likeness (QED) is 0.120.